The minimum Gasteiger partial charge on any atom is -0.496 e. The van der Waals surface area contributed by atoms with Crippen LogP contribution < -0.4 is 4.74 Å². The Bertz CT molecular complexity index is 939. The van der Waals surface area contributed by atoms with Crippen LogP contribution in [0.5, 0.6) is 5.75 Å². The minimum atomic E-state index is -0.249. The van der Waals surface area contributed by atoms with Gasteiger partial charge in [-0.15, -0.1) is 0 Å². The maximum Gasteiger partial charge on any atom is 0.254 e. The summed E-state index contributed by atoms with van der Waals surface area (Å²) in [6.07, 6.45) is 2.44. The maximum atomic E-state index is 13.8. The summed E-state index contributed by atoms with van der Waals surface area (Å²) in [7, 11) is 1.64. The SMILES string of the molecule is COc1ccccc1C1CN(C(C)=O)CCN1C(=O)c1ccccc1CN1CCCC1. The zero-order valence-corrected chi connectivity index (χ0v) is 18.4. The molecular formula is C25H31N3O3. The van der Waals surface area contributed by atoms with Crippen LogP contribution in [0.15, 0.2) is 48.5 Å². The molecule has 0 bridgehead atoms. The number of amides is 2. The van der Waals surface area contributed by atoms with Crippen molar-refractivity contribution in [2.24, 2.45) is 0 Å². The van der Waals surface area contributed by atoms with Crippen molar-refractivity contribution < 1.29 is 14.3 Å². The van der Waals surface area contributed by atoms with Gasteiger partial charge in [-0.3, -0.25) is 14.5 Å². The first-order valence-corrected chi connectivity index (χ1v) is 11.1. The van der Waals surface area contributed by atoms with E-state index in [-0.39, 0.29) is 17.9 Å². The average molecular weight is 422 g/mol. The number of carbonyl (C=O) groups excluding carboxylic acids is 2. The van der Waals surface area contributed by atoms with Gasteiger partial charge >= 0.3 is 0 Å². The van der Waals surface area contributed by atoms with E-state index in [1.54, 1.807) is 14.0 Å². The number of rotatable bonds is 5. The Morgan fingerprint density at radius 3 is 2.42 bits per heavy atom. The molecule has 2 aliphatic rings. The van der Waals surface area contributed by atoms with E-state index in [0.717, 1.165) is 42.1 Å². The molecule has 2 aromatic carbocycles. The number of hydrogen-bond acceptors (Lipinski definition) is 4. The van der Waals surface area contributed by atoms with E-state index in [2.05, 4.69) is 11.0 Å². The zero-order chi connectivity index (χ0) is 21.8. The van der Waals surface area contributed by atoms with E-state index in [4.69, 9.17) is 4.74 Å². The highest BCUT2D eigenvalue weighted by Gasteiger charge is 2.35. The van der Waals surface area contributed by atoms with Crippen LogP contribution in [-0.4, -0.2) is 66.3 Å². The van der Waals surface area contributed by atoms with Gasteiger partial charge in [-0.05, 0) is 43.6 Å². The summed E-state index contributed by atoms with van der Waals surface area (Å²) in [6.45, 7) is 6.07. The Kier molecular flexibility index (Phi) is 6.56. The first kappa shape index (κ1) is 21.4. The van der Waals surface area contributed by atoms with Crippen molar-refractivity contribution in [1.82, 2.24) is 14.7 Å². The Balaban J connectivity index is 1.66. The lowest BCUT2D eigenvalue weighted by Crippen LogP contribution is -2.52. The number of carbonyl (C=O) groups is 2. The monoisotopic (exact) mass is 421 g/mol. The fourth-order valence-corrected chi connectivity index (χ4v) is 4.72. The van der Waals surface area contributed by atoms with Crippen molar-refractivity contribution in [1.29, 1.82) is 0 Å². The van der Waals surface area contributed by atoms with Crippen molar-refractivity contribution in [3.63, 3.8) is 0 Å². The minimum absolute atomic E-state index is 0.0221. The molecule has 0 N–H and O–H groups in total. The molecule has 0 aromatic heterocycles. The highest BCUT2D eigenvalue weighted by molar-refractivity contribution is 5.96. The van der Waals surface area contributed by atoms with Gasteiger partial charge in [-0.25, -0.2) is 0 Å². The van der Waals surface area contributed by atoms with Crippen LogP contribution >= 0.6 is 0 Å². The molecule has 1 unspecified atom stereocenters. The fourth-order valence-electron chi connectivity index (χ4n) is 4.72. The molecule has 6 heteroatoms. The standard InChI is InChI=1S/C25H31N3O3/c1-19(29)27-15-16-28(23(18-27)22-11-5-6-12-24(22)31-2)25(30)21-10-4-3-9-20(21)17-26-13-7-8-14-26/h3-6,9-12,23H,7-8,13-18H2,1-2H3. The van der Waals surface area contributed by atoms with Gasteiger partial charge in [-0.2, -0.15) is 0 Å². The molecule has 2 fully saturated rings. The molecule has 1 atom stereocenters. The van der Waals surface area contributed by atoms with E-state index >= 15 is 0 Å². The Labute approximate surface area is 184 Å². The van der Waals surface area contributed by atoms with Crippen molar-refractivity contribution in [2.45, 2.75) is 32.4 Å². The molecule has 2 aliphatic heterocycles. The summed E-state index contributed by atoms with van der Waals surface area (Å²) in [5.74, 6) is 0.788. The molecule has 31 heavy (non-hydrogen) atoms. The van der Waals surface area contributed by atoms with Gasteiger partial charge in [0.25, 0.3) is 5.91 Å². The molecule has 164 valence electrons. The van der Waals surface area contributed by atoms with E-state index in [1.165, 1.54) is 12.8 Å². The maximum absolute atomic E-state index is 13.8. The van der Waals surface area contributed by atoms with E-state index < -0.39 is 0 Å². The van der Waals surface area contributed by atoms with Gasteiger partial charge in [0.15, 0.2) is 0 Å². The fraction of sp³-hybridized carbons (Fsp3) is 0.440. The van der Waals surface area contributed by atoms with Crippen LogP contribution in [0.4, 0.5) is 0 Å². The summed E-state index contributed by atoms with van der Waals surface area (Å²) < 4.78 is 5.59. The average Bonchev–Trinajstić information content (AvgIpc) is 3.31. The van der Waals surface area contributed by atoms with Gasteiger partial charge in [0.2, 0.25) is 5.91 Å². The Hall–Kier alpha value is -2.86. The summed E-state index contributed by atoms with van der Waals surface area (Å²) in [5.41, 5.74) is 2.76. The lowest BCUT2D eigenvalue weighted by molar-refractivity contribution is -0.131. The number of piperazine rings is 1. The molecule has 4 rings (SSSR count). The van der Waals surface area contributed by atoms with Crippen molar-refractivity contribution >= 4 is 11.8 Å². The predicted octanol–water partition coefficient (Wildman–Crippen LogP) is 3.34. The largest absolute Gasteiger partial charge is 0.496 e. The predicted molar refractivity (Wildman–Crippen MR) is 120 cm³/mol. The lowest BCUT2D eigenvalue weighted by atomic mass is 9.98. The van der Waals surface area contributed by atoms with E-state index in [1.807, 2.05) is 52.3 Å². The van der Waals surface area contributed by atoms with Gasteiger partial charge < -0.3 is 14.5 Å². The van der Waals surface area contributed by atoms with Gasteiger partial charge in [0, 0.05) is 44.2 Å². The number of nitrogens with zero attached hydrogens (tertiary/aromatic N) is 3. The third-order valence-corrected chi connectivity index (χ3v) is 6.42. The normalized spacial score (nSPS) is 19.5. The quantitative estimate of drug-likeness (QED) is 0.743. The number of para-hydroxylation sites is 1. The molecule has 2 aromatic rings. The molecule has 2 amide bonds. The first-order valence-electron chi connectivity index (χ1n) is 11.1. The third-order valence-electron chi connectivity index (χ3n) is 6.42. The van der Waals surface area contributed by atoms with Crippen LogP contribution in [0.25, 0.3) is 0 Å². The van der Waals surface area contributed by atoms with Crippen LogP contribution in [0, 0.1) is 0 Å². The molecule has 2 heterocycles. The number of hydrogen-bond donors (Lipinski definition) is 0. The second-order valence-corrected chi connectivity index (χ2v) is 8.36. The zero-order valence-electron chi connectivity index (χ0n) is 18.4. The van der Waals surface area contributed by atoms with Crippen LogP contribution in [-0.2, 0) is 11.3 Å². The topological polar surface area (TPSA) is 53.1 Å². The highest BCUT2D eigenvalue weighted by atomic mass is 16.5. The van der Waals surface area contributed by atoms with Gasteiger partial charge in [0.05, 0.1) is 13.2 Å². The van der Waals surface area contributed by atoms with Gasteiger partial charge in [0.1, 0.15) is 5.75 Å². The first-order chi connectivity index (χ1) is 15.1. The lowest BCUT2D eigenvalue weighted by Gasteiger charge is -2.42. The molecule has 0 aliphatic carbocycles. The second-order valence-electron chi connectivity index (χ2n) is 8.36. The Morgan fingerprint density at radius 1 is 0.968 bits per heavy atom. The number of ether oxygens (including phenoxy) is 1. The summed E-state index contributed by atoms with van der Waals surface area (Å²) in [6, 6.07) is 15.5. The molecule has 2 saturated heterocycles. The molecule has 0 spiro atoms. The van der Waals surface area contributed by atoms with Crippen molar-refractivity contribution in [3.05, 3.63) is 65.2 Å². The van der Waals surface area contributed by atoms with Gasteiger partial charge in [-0.1, -0.05) is 36.4 Å². The molecule has 6 nitrogen and oxygen atoms in total. The Morgan fingerprint density at radius 2 is 1.68 bits per heavy atom. The molecule has 0 radical (unpaired) electrons. The van der Waals surface area contributed by atoms with Crippen LogP contribution in [0.2, 0.25) is 0 Å². The highest BCUT2D eigenvalue weighted by Crippen LogP contribution is 2.33. The molecule has 0 saturated carbocycles. The number of likely N-dealkylation sites (tertiary alicyclic amines) is 1. The summed E-state index contributed by atoms with van der Waals surface area (Å²) >= 11 is 0. The van der Waals surface area contributed by atoms with E-state index in [0.29, 0.717) is 19.6 Å². The third kappa shape index (κ3) is 4.59. The van der Waals surface area contributed by atoms with Crippen molar-refractivity contribution in [3.8, 4) is 5.75 Å². The smallest absolute Gasteiger partial charge is 0.254 e. The number of benzene rings is 2. The second kappa shape index (κ2) is 9.52. The summed E-state index contributed by atoms with van der Waals surface area (Å²) in [5, 5.41) is 0. The summed E-state index contributed by atoms with van der Waals surface area (Å²) in [4.78, 5) is 32.1. The van der Waals surface area contributed by atoms with Crippen LogP contribution in [0.1, 0.15) is 47.3 Å². The van der Waals surface area contributed by atoms with E-state index in [9.17, 15) is 9.59 Å². The van der Waals surface area contributed by atoms with Crippen LogP contribution in [0.3, 0.4) is 0 Å². The number of methoxy groups -OCH3 is 1. The van der Waals surface area contributed by atoms with Crippen molar-refractivity contribution in [2.75, 3.05) is 39.8 Å². The molecular weight excluding hydrogens is 390 g/mol.